The predicted octanol–water partition coefficient (Wildman–Crippen LogP) is 6.63. The summed E-state index contributed by atoms with van der Waals surface area (Å²) in [7, 11) is 0. The number of nitrogens with zero attached hydrogens (tertiary/aromatic N) is 4. The number of benzene rings is 2. The normalized spacial score (nSPS) is 15.4. The summed E-state index contributed by atoms with van der Waals surface area (Å²) in [4.78, 5) is 40.7. The van der Waals surface area contributed by atoms with Crippen molar-refractivity contribution in [1.82, 2.24) is 20.3 Å². The summed E-state index contributed by atoms with van der Waals surface area (Å²) in [5.74, 6) is 0.324. The zero-order chi connectivity index (χ0) is 30.1. The van der Waals surface area contributed by atoms with E-state index in [-0.39, 0.29) is 40.3 Å². The molecule has 1 saturated heterocycles. The lowest BCUT2D eigenvalue weighted by Gasteiger charge is -2.33. The molecule has 2 amide bonds. The summed E-state index contributed by atoms with van der Waals surface area (Å²) in [6, 6.07) is 11.2. The van der Waals surface area contributed by atoms with Gasteiger partial charge in [-0.25, -0.2) is 9.97 Å². The van der Waals surface area contributed by atoms with Crippen molar-refractivity contribution in [3.05, 3.63) is 76.6 Å². The first kappa shape index (κ1) is 28.9. The van der Waals surface area contributed by atoms with Gasteiger partial charge in [-0.1, -0.05) is 30.5 Å². The van der Waals surface area contributed by atoms with E-state index in [4.69, 9.17) is 11.6 Å². The topological polar surface area (TPSA) is 100 Å². The van der Waals surface area contributed by atoms with Crippen molar-refractivity contribution in [2.75, 3.05) is 23.3 Å². The Morgan fingerprint density at radius 1 is 0.977 bits per heavy atom. The van der Waals surface area contributed by atoms with Crippen LogP contribution in [0.2, 0.25) is 5.02 Å². The molecule has 2 aromatic heterocycles. The van der Waals surface area contributed by atoms with Gasteiger partial charge in [0.1, 0.15) is 5.82 Å². The SMILES string of the molecule is O=C(Nc1ccc2c(N3CCC3)nc(-c3cncc(C(F)(F)F)c3)nc2c1)c1cc(CNC(=O)C2CCCC2)ccc1Cl. The average molecular weight is 609 g/mol. The van der Waals surface area contributed by atoms with Crippen LogP contribution in [0.5, 0.6) is 0 Å². The van der Waals surface area contributed by atoms with E-state index in [1.54, 1.807) is 36.4 Å². The van der Waals surface area contributed by atoms with Gasteiger partial charge in [-0.2, -0.15) is 13.2 Å². The zero-order valence-electron chi connectivity index (χ0n) is 23.0. The van der Waals surface area contributed by atoms with Crippen molar-refractivity contribution in [3.8, 4) is 11.4 Å². The Morgan fingerprint density at radius 3 is 2.49 bits per heavy atom. The number of nitrogens with one attached hydrogen (secondary N) is 2. The second-order valence-electron chi connectivity index (χ2n) is 10.9. The highest BCUT2D eigenvalue weighted by molar-refractivity contribution is 6.34. The molecule has 2 fully saturated rings. The van der Waals surface area contributed by atoms with E-state index in [1.807, 2.05) is 4.90 Å². The largest absolute Gasteiger partial charge is 0.417 e. The van der Waals surface area contributed by atoms with Crippen LogP contribution in [0.4, 0.5) is 24.7 Å². The lowest BCUT2D eigenvalue weighted by molar-refractivity contribution is -0.137. The number of carbonyl (C=O) groups is 2. The number of carbonyl (C=O) groups excluding carboxylic acids is 2. The van der Waals surface area contributed by atoms with Gasteiger partial charge >= 0.3 is 6.18 Å². The number of hydrogen-bond acceptors (Lipinski definition) is 6. The smallest absolute Gasteiger partial charge is 0.356 e. The molecule has 6 rings (SSSR count). The third-order valence-corrected chi connectivity index (χ3v) is 8.21. The van der Waals surface area contributed by atoms with Gasteiger partial charge < -0.3 is 15.5 Å². The molecule has 1 aliphatic carbocycles. The Morgan fingerprint density at radius 2 is 1.77 bits per heavy atom. The molecular weight excluding hydrogens is 581 g/mol. The van der Waals surface area contributed by atoms with Gasteiger partial charge in [-0.15, -0.1) is 0 Å². The van der Waals surface area contributed by atoms with Gasteiger partial charge in [0.25, 0.3) is 5.91 Å². The molecule has 43 heavy (non-hydrogen) atoms. The van der Waals surface area contributed by atoms with E-state index >= 15 is 0 Å². The summed E-state index contributed by atoms with van der Waals surface area (Å²) >= 11 is 6.37. The highest BCUT2D eigenvalue weighted by Crippen LogP contribution is 2.34. The highest BCUT2D eigenvalue weighted by atomic mass is 35.5. The van der Waals surface area contributed by atoms with Crippen molar-refractivity contribution in [3.63, 3.8) is 0 Å². The molecule has 222 valence electrons. The predicted molar refractivity (Wildman–Crippen MR) is 158 cm³/mol. The van der Waals surface area contributed by atoms with Gasteiger partial charge in [0.15, 0.2) is 5.82 Å². The van der Waals surface area contributed by atoms with Crippen molar-refractivity contribution in [2.24, 2.45) is 5.92 Å². The van der Waals surface area contributed by atoms with Crippen molar-refractivity contribution in [2.45, 2.75) is 44.8 Å². The fourth-order valence-electron chi connectivity index (χ4n) is 5.38. The van der Waals surface area contributed by atoms with Crippen LogP contribution in [0.3, 0.4) is 0 Å². The Bertz CT molecular complexity index is 1700. The number of aromatic nitrogens is 3. The molecule has 0 atom stereocenters. The quantitative estimate of drug-likeness (QED) is 0.244. The van der Waals surface area contributed by atoms with Crippen molar-refractivity contribution in [1.29, 1.82) is 0 Å². The minimum Gasteiger partial charge on any atom is -0.356 e. The lowest BCUT2D eigenvalue weighted by Crippen LogP contribution is -2.37. The first-order valence-corrected chi connectivity index (χ1v) is 14.5. The monoisotopic (exact) mass is 608 g/mol. The number of pyridine rings is 1. The first-order valence-electron chi connectivity index (χ1n) is 14.1. The second-order valence-corrected chi connectivity index (χ2v) is 11.3. The Labute approximate surface area is 250 Å². The minimum atomic E-state index is -4.56. The van der Waals surface area contributed by atoms with E-state index in [0.29, 0.717) is 22.4 Å². The maximum Gasteiger partial charge on any atom is 0.417 e. The van der Waals surface area contributed by atoms with Crippen LogP contribution in [-0.2, 0) is 17.5 Å². The van der Waals surface area contributed by atoms with Gasteiger partial charge in [0.2, 0.25) is 5.91 Å². The molecule has 2 N–H and O–H groups in total. The molecule has 2 aliphatic rings. The molecule has 8 nitrogen and oxygen atoms in total. The van der Waals surface area contributed by atoms with Crippen molar-refractivity contribution < 1.29 is 22.8 Å². The average Bonchev–Trinajstić information content (AvgIpc) is 3.50. The number of fused-ring (bicyclic) bond motifs is 1. The molecule has 0 unspecified atom stereocenters. The van der Waals surface area contributed by atoms with E-state index < -0.39 is 17.6 Å². The summed E-state index contributed by atoms with van der Waals surface area (Å²) in [5, 5.41) is 6.76. The number of halogens is 4. The maximum absolute atomic E-state index is 13.4. The van der Waals surface area contributed by atoms with Crippen molar-refractivity contribution >= 4 is 45.8 Å². The van der Waals surface area contributed by atoms with Crippen LogP contribution in [-0.4, -0.2) is 39.9 Å². The molecule has 0 radical (unpaired) electrons. The standard InChI is InChI=1S/C31H28ClF3N6O2/c32-25-9-6-18(15-37-29(42)19-4-1-2-5-19)12-24(25)30(43)38-22-7-8-23-26(14-22)39-27(40-28(23)41-10-3-11-41)20-13-21(17-36-16-20)31(33,34)35/h6-9,12-14,16-17,19H,1-5,10-11,15H2,(H,37,42)(H,38,43). The van der Waals surface area contributed by atoms with Crippen LogP contribution >= 0.6 is 11.6 Å². The second kappa shape index (κ2) is 11.8. The van der Waals surface area contributed by atoms with Crippen LogP contribution in [0.15, 0.2) is 54.9 Å². The van der Waals surface area contributed by atoms with Gasteiger partial charge in [-0.3, -0.25) is 14.6 Å². The molecule has 3 heterocycles. The first-order chi connectivity index (χ1) is 20.7. The molecule has 4 aromatic rings. The molecule has 12 heteroatoms. The minimum absolute atomic E-state index is 0.0227. The Kier molecular flexibility index (Phi) is 7.91. The van der Waals surface area contributed by atoms with Gasteiger partial charge in [-0.05, 0) is 61.2 Å². The number of amides is 2. The van der Waals surface area contributed by atoms with Gasteiger partial charge in [0.05, 0.1) is 21.7 Å². The number of hydrogen-bond donors (Lipinski definition) is 2. The summed E-state index contributed by atoms with van der Waals surface area (Å²) in [6.45, 7) is 1.81. The Balaban J connectivity index is 1.26. The van der Waals surface area contributed by atoms with E-state index in [1.165, 1.54) is 6.20 Å². The maximum atomic E-state index is 13.4. The molecule has 1 aliphatic heterocycles. The molecule has 0 spiro atoms. The lowest BCUT2D eigenvalue weighted by atomic mass is 10.1. The van der Waals surface area contributed by atoms with Crippen LogP contribution in [0.1, 0.15) is 53.6 Å². The summed E-state index contributed by atoms with van der Waals surface area (Å²) in [6.07, 6.45) is 2.40. The summed E-state index contributed by atoms with van der Waals surface area (Å²) < 4.78 is 40.1. The molecule has 0 bridgehead atoms. The van der Waals surface area contributed by atoms with Gasteiger partial charge in [0, 0.05) is 54.6 Å². The van der Waals surface area contributed by atoms with E-state index in [0.717, 1.165) is 63.0 Å². The highest BCUT2D eigenvalue weighted by Gasteiger charge is 2.31. The van der Waals surface area contributed by atoms with Crippen LogP contribution in [0, 0.1) is 5.92 Å². The van der Waals surface area contributed by atoms with E-state index in [2.05, 4.69) is 25.6 Å². The third-order valence-electron chi connectivity index (χ3n) is 7.88. The number of rotatable bonds is 7. The van der Waals surface area contributed by atoms with Crippen LogP contribution in [0.25, 0.3) is 22.3 Å². The zero-order valence-corrected chi connectivity index (χ0v) is 23.8. The molecule has 2 aromatic carbocycles. The molecule has 1 saturated carbocycles. The Hall–Kier alpha value is -4.25. The fraction of sp³-hybridized carbons (Fsp3) is 0.323. The number of alkyl halides is 3. The van der Waals surface area contributed by atoms with Crippen LogP contribution < -0.4 is 15.5 Å². The molecular formula is C31H28ClF3N6O2. The fourth-order valence-corrected chi connectivity index (χ4v) is 5.59. The number of anilines is 2. The third kappa shape index (κ3) is 6.27. The summed E-state index contributed by atoms with van der Waals surface area (Å²) in [5.41, 5.74) is 1.11. The van der Waals surface area contributed by atoms with E-state index in [9.17, 15) is 22.8 Å².